The summed E-state index contributed by atoms with van der Waals surface area (Å²) in [5, 5.41) is 3.06. The molecule has 0 radical (unpaired) electrons. The molecule has 0 spiro atoms. The van der Waals surface area contributed by atoms with E-state index in [2.05, 4.69) is 59.3 Å². The van der Waals surface area contributed by atoms with Gasteiger partial charge in [-0.1, -0.05) is 60.7 Å². The van der Waals surface area contributed by atoms with Gasteiger partial charge in [0.2, 0.25) is 5.91 Å². The second-order valence-electron chi connectivity index (χ2n) is 8.09. The Morgan fingerprint density at radius 2 is 1.52 bits per heavy atom. The summed E-state index contributed by atoms with van der Waals surface area (Å²) in [6.07, 6.45) is 2.11. The first-order valence-electron chi connectivity index (χ1n) is 10.9. The van der Waals surface area contributed by atoms with Gasteiger partial charge in [-0.2, -0.15) is 0 Å². The number of carbonyl (C=O) groups excluding carboxylic acids is 1. The average molecular weight is 412 g/mol. The molecule has 31 heavy (non-hydrogen) atoms. The van der Waals surface area contributed by atoms with Gasteiger partial charge in [0.05, 0.1) is 17.5 Å². The number of amides is 1. The Bertz CT molecular complexity index is 1190. The van der Waals surface area contributed by atoms with Crippen LogP contribution in [0.3, 0.4) is 0 Å². The minimum atomic E-state index is 0.0720. The van der Waals surface area contributed by atoms with Crippen LogP contribution in [0, 0.1) is 13.8 Å². The molecule has 1 aromatic heterocycles. The third-order valence-electron chi connectivity index (χ3n) is 5.83. The van der Waals surface area contributed by atoms with Crippen LogP contribution in [-0.4, -0.2) is 22.0 Å². The Morgan fingerprint density at radius 1 is 0.871 bits per heavy atom. The minimum absolute atomic E-state index is 0.0720. The third kappa shape index (κ3) is 5.02. The van der Waals surface area contributed by atoms with Crippen molar-refractivity contribution >= 4 is 16.9 Å². The molecular formula is C27H29N3O. The SMILES string of the molecule is Cc1ccccc1CC(=O)NCCCc1nc2ccccc2n1Cc1ccccc1C. The Hall–Kier alpha value is -3.40. The highest BCUT2D eigenvalue weighted by atomic mass is 16.1. The Kier molecular flexibility index (Phi) is 6.46. The molecule has 1 amide bonds. The molecule has 4 rings (SSSR count). The van der Waals surface area contributed by atoms with E-state index < -0.39 is 0 Å². The van der Waals surface area contributed by atoms with E-state index in [1.54, 1.807) is 0 Å². The van der Waals surface area contributed by atoms with Crippen molar-refractivity contribution in [3.63, 3.8) is 0 Å². The molecular weight excluding hydrogens is 382 g/mol. The first-order valence-corrected chi connectivity index (χ1v) is 10.9. The van der Waals surface area contributed by atoms with Crippen LogP contribution < -0.4 is 5.32 Å². The molecule has 0 aliphatic carbocycles. The van der Waals surface area contributed by atoms with Gasteiger partial charge in [-0.3, -0.25) is 4.79 Å². The lowest BCUT2D eigenvalue weighted by atomic mass is 10.1. The Morgan fingerprint density at radius 3 is 2.26 bits per heavy atom. The van der Waals surface area contributed by atoms with Gasteiger partial charge in [0.25, 0.3) is 0 Å². The molecule has 3 aromatic carbocycles. The second kappa shape index (κ2) is 9.61. The van der Waals surface area contributed by atoms with Gasteiger partial charge >= 0.3 is 0 Å². The van der Waals surface area contributed by atoms with Crippen LogP contribution in [-0.2, 0) is 24.2 Å². The van der Waals surface area contributed by atoms with E-state index in [1.807, 2.05) is 37.3 Å². The normalized spacial score (nSPS) is 11.0. The summed E-state index contributed by atoms with van der Waals surface area (Å²) in [7, 11) is 0. The zero-order valence-electron chi connectivity index (χ0n) is 18.3. The Balaban J connectivity index is 1.41. The number of para-hydroxylation sites is 2. The van der Waals surface area contributed by atoms with Crippen molar-refractivity contribution in [3.8, 4) is 0 Å². The molecule has 0 aliphatic rings. The maximum absolute atomic E-state index is 12.3. The smallest absolute Gasteiger partial charge is 0.224 e. The predicted molar refractivity (Wildman–Crippen MR) is 126 cm³/mol. The van der Waals surface area contributed by atoms with E-state index >= 15 is 0 Å². The van der Waals surface area contributed by atoms with Crippen molar-refractivity contribution in [2.75, 3.05) is 6.54 Å². The number of aromatic nitrogens is 2. The number of fused-ring (bicyclic) bond motifs is 1. The quantitative estimate of drug-likeness (QED) is 0.415. The van der Waals surface area contributed by atoms with Crippen molar-refractivity contribution < 1.29 is 4.79 Å². The van der Waals surface area contributed by atoms with Crippen molar-refractivity contribution in [1.29, 1.82) is 0 Å². The molecule has 0 unspecified atom stereocenters. The van der Waals surface area contributed by atoms with Crippen molar-refractivity contribution in [3.05, 3.63) is 101 Å². The van der Waals surface area contributed by atoms with Crippen molar-refractivity contribution in [2.24, 2.45) is 0 Å². The van der Waals surface area contributed by atoms with Gasteiger partial charge in [-0.05, 0) is 54.7 Å². The van der Waals surface area contributed by atoms with Crippen molar-refractivity contribution in [2.45, 2.75) is 39.7 Å². The largest absolute Gasteiger partial charge is 0.356 e. The van der Waals surface area contributed by atoms with Gasteiger partial charge in [0.15, 0.2) is 0 Å². The van der Waals surface area contributed by atoms with E-state index in [0.717, 1.165) is 47.4 Å². The van der Waals surface area contributed by atoms with Gasteiger partial charge in [0, 0.05) is 19.5 Å². The fraction of sp³-hybridized carbons (Fsp3) is 0.259. The van der Waals surface area contributed by atoms with Crippen LogP contribution in [0.25, 0.3) is 11.0 Å². The molecule has 4 nitrogen and oxygen atoms in total. The summed E-state index contributed by atoms with van der Waals surface area (Å²) in [4.78, 5) is 17.2. The molecule has 0 saturated heterocycles. The average Bonchev–Trinajstić information content (AvgIpc) is 3.12. The maximum atomic E-state index is 12.3. The maximum Gasteiger partial charge on any atom is 0.224 e. The standard InChI is InChI=1S/C27H29N3O/c1-20-10-3-5-12-22(20)18-27(31)28-17-9-16-26-29-24-14-7-8-15-25(24)30(26)19-23-13-6-4-11-21(23)2/h3-8,10-15H,9,16-19H2,1-2H3,(H,28,31). The summed E-state index contributed by atoms with van der Waals surface area (Å²) >= 11 is 0. The van der Waals surface area contributed by atoms with Gasteiger partial charge in [-0.15, -0.1) is 0 Å². The number of rotatable bonds is 8. The molecule has 4 heteroatoms. The molecule has 1 heterocycles. The number of nitrogens with zero attached hydrogens (tertiary/aromatic N) is 2. The summed E-state index contributed by atoms with van der Waals surface area (Å²) in [6.45, 7) is 5.65. The first kappa shape index (κ1) is 20.9. The van der Waals surface area contributed by atoms with Gasteiger partial charge in [0.1, 0.15) is 5.82 Å². The predicted octanol–water partition coefficient (Wildman–Crippen LogP) is 4.99. The highest BCUT2D eigenvalue weighted by Gasteiger charge is 2.12. The molecule has 0 saturated carbocycles. The zero-order chi connectivity index (χ0) is 21.6. The van der Waals surface area contributed by atoms with Crippen LogP contribution in [0.15, 0.2) is 72.8 Å². The molecule has 1 N–H and O–H groups in total. The molecule has 0 aliphatic heterocycles. The van der Waals surface area contributed by atoms with E-state index in [4.69, 9.17) is 4.98 Å². The fourth-order valence-electron chi connectivity index (χ4n) is 3.97. The number of benzene rings is 3. The van der Waals surface area contributed by atoms with Crippen LogP contribution in [0.4, 0.5) is 0 Å². The van der Waals surface area contributed by atoms with Crippen LogP contribution in [0.1, 0.15) is 34.5 Å². The number of hydrogen-bond donors (Lipinski definition) is 1. The molecule has 158 valence electrons. The van der Waals surface area contributed by atoms with E-state index in [0.29, 0.717) is 13.0 Å². The van der Waals surface area contributed by atoms with Crippen molar-refractivity contribution in [1.82, 2.24) is 14.9 Å². The fourth-order valence-corrected chi connectivity index (χ4v) is 3.97. The molecule has 0 atom stereocenters. The number of aryl methyl sites for hydroxylation is 3. The lowest BCUT2D eigenvalue weighted by Gasteiger charge is -2.12. The number of hydrogen-bond acceptors (Lipinski definition) is 2. The summed E-state index contributed by atoms with van der Waals surface area (Å²) in [5.41, 5.74) is 7.01. The summed E-state index contributed by atoms with van der Waals surface area (Å²) in [5.74, 6) is 1.14. The monoisotopic (exact) mass is 411 g/mol. The van der Waals surface area contributed by atoms with Gasteiger partial charge in [-0.25, -0.2) is 4.98 Å². The van der Waals surface area contributed by atoms with Crippen LogP contribution in [0.5, 0.6) is 0 Å². The number of carbonyl (C=O) groups is 1. The second-order valence-corrected chi connectivity index (χ2v) is 8.09. The number of imidazole rings is 1. The highest BCUT2D eigenvalue weighted by Crippen LogP contribution is 2.20. The lowest BCUT2D eigenvalue weighted by Crippen LogP contribution is -2.26. The Labute approximate surface area is 183 Å². The van der Waals surface area contributed by atoms with E-state index in [1.165, 1.54) is 11.1 Å². The third-order valence-corrected chi connectivity index (χ3v) is 5.83. The zero-order valence-corrected chi connectivity index (χ0v) is 18.3. The highest BCUT2D eigenvalue weighted by molar-refractivity contribution is 5.79. The van der Waals surface area contributed by atoms with Crippen LogP contribution >= 0.6 is 0 Å². The van der Waals surface area contributed by atoms with E-state index in [9.17, 15) is 4.79 Å². The summed E-state index contributed by atoms with van der Waals surface area (Å²) < 4.78 is 2.31. The van der Waals surface area contributed by atoms with Gasteiger partial charge < -0.3 is 9.88 Å². The topological polar surface area (TPSA) is 46.9 Å². The molecule has 0 fully saturated rings. The number of nitrogens with one attached hydrogen (secondary N) is 1. The van der Waals surface area contributed by atoms with E-state index in [-0.39, 0.29) is 5.91 Å². The lowest BCUT2D eigenvalue weighted by molar-refractivity contribution is -0.120. The molecule has 0 bridgehead atoms. The first-order chi connectivity index (χ1) is 15.1. The minimum Gasteiger partial charge on any atom is -0.356 e. The molecule has 4 aromatic rings. The summed E-state index contributed by atoms with van der Waals surface area (Å²) in [6, 6.07) is 24.8. The van der Waals surface area contributed by atoms with Crippen LogP contribution in [0.2, 0.25) is 0 Å².